The first-order valence-corrected chi connectivity index (χ1v) is 8.20. The summed E-state index contributed by atoms with van der Waals surface area (Å²) in [5.74, 6) is 0.732. The number of nitrogens with two attached hydrogens (primary N) is 1. The van der Waals surface area contributed by atoms with Gasteiger partial charge >= 0.3 is 0 Å². The van der Waals surface area contributed by atoms with Crippen molar-refractivity contribution in [3.05, 3.63) is 29.8 Å². The van der Waals surface area contributed by atoms with Crippen LogP contribution < -0.4 is 10.5 Å². The summed E-state index contributed by atoms with van der Waals surface area (Å²) in [5.41, 5.74) is 6.87. The maximum Gasteiger partial charge on any atom is 0.220 e. The molecule has 0 aliphatic heterocycles. The summed E-state index contributed by atoms with van der Waals surface area (Å²) in [5, 5.41) is 7.24. The van der Waals surface area contributed by atoms with Crippen LogP contribution in [0, 0.1) is 6.92 Å². The minimum absolute atomic E-state index is 0.0460. The Kier molecular flexibility index (Phi) is 4.46. The highest BCUT2D eigenvalue weighted by atomic mass is 32.2. The molecule has 1 heterocycles. The zero-order chi connectivity index (χ0) is 15.5. The van der Waals surface area contributed by atoms with E-state index in [1.807, 2.05) is 31.2 Å². The van der Waals surface area contributed by atoms with Crippen molar-refractivity contribution in [2.24, 2.45) is 0 Å². The molecule has 21 heavy (non-hydrogen) atoms. The third kappa shape index (κ3) is 3.52. The molecule has 0 aliphatic rings. The van der Waals surface area contributed by atoms with Gasteiger partial charge in [0.15, 0.2) is 5.82 Å². The molecule has 0 bridgehead atoms. The smallest absolute Gasteiger partial charge is 0.220 e. The van der Waals surface area contributed by atoms with Crippen molar-refractivity contribution in [2.45, 2.75) is 25.4 Å². The Balaban J connectivity index is 2.02. The number of aromatic nitrogens is 3. The van der Waals surface area contributed by atoms with Gasteiger partial charge in [0.25, 0.3) is 0 Å². The number of anilines is 1. The number of nitrogens with zero attached hydrogens (tertiary/aromatic N) is 3. The van der Waals surface area contributed by atoms with Crippen LogP contribution in [0.5, 0.6) is 5.75 Å². The topological polar surface area (TPSA) is 100 Å². The average molecular weight is 310 g/mol. The summed E-state index contributed by atoms with van der Waals surface area (Å²) in [6.07, 6.45) is 0. The normalized spacial score (nSPS) is 11.5. The van der Waals surface area contributed by atoms with E-state index in [0.29, 0.717) is 13.2 Å². The molecule has 0 spiro atoms. The summed E-state index contributed by atoms with van der Waals surface area (Å²) in [6.45, 7) is 4.16. The minimum atomic E-state index is -3.45. The zero-order valence-electron chi connectivity index (χ0n) is 12.0. The van der Waals surface area contributed by atoms with Crippen LogP contribution in [0.3, 0.4) is 0 Å². The predicted molar refractivity (Wildman–Crippen MR) is 78.8 cm³/mol. The molecular formula is C13H18N4O3S. The fourth-order valence-electron chi connectivity index (χ4n) is 1.78. The first-order chi connectivity index (χ1) is 9.94. The van der Waals surface area contributed by atoms with Crippen molar-refractivity contribution in [2.75, 3.05) is 18.1 Å². The van der Waals surface area contributed by atoms with Crippen LogP contribution in [0.4, 0.5) is 5.82 Å². The van der Waals surface area contributed by atoms with Crippen LogP contribution in [0.1, 0.15) is 12.5 Å². The number of rotatable bonds is 6. The molecule has 0 unspecified atom stereocenters. The summed E-state index contributed by atoms with van der Waals surface area (Å²) < 4.78 is 30.4. The van der Waals surface area contributed by atoms with E-state index in [0.717, 1.165) is 11.3 Å². The van der Waals surface area contributed by atoms with Crippen LogP contribution in [-0.2, 0) is 16.4 Å². The van der Waals surface area contributed by atoms with E-state index in [2.05, 4.69) is 10.3 Å². The number of hydrogen-bond donors (Lipinski definition) is 1. The van der Waals surface area contributed by atoms with Crippen LogP contribution in [-0.4, -0.2) is 35.8 Å². The van der Waals surface area contributed by atoms with Gasteiger partial charge in [-0.05, 0) is 24.6 Å². The third-order valence-electron chi connectivity index (χ3n) is 2.98. The van der Waals surface area contributed by atoms with Crippen molar-refractivity contribution in [1.82, 2.24) is 15.0 Å². The van der Waals surface area contributed by atoms with Crippen molar-refractivity contribution in [3.8, 4) is 5.75 Å². The summed E-state index contributed by atoms with van der Waals surface area (Å²) in [7, 11) is -3.45. The van der Waals surface area contributed by atoms with Gasteiger partial charge in [0.1, 0.15) is 12.4 Å². The Bertz CT molecular complexity index is 725. The van der Waals surface area contributed by atoms with E-state index >= 15 is 0 Å². The first-order valence-electron chi connectivity index (χ1n) is 6.55. The van der Waals surface area contributed by atoms with E-state index in [4.69, 9.17) is 10.5 Å². The fraction of sp³-hybridized carbons (Fsp3) is 0.385. The Labute approximate surface area is 123 Å². The number of hydrogen-bond acceptors (Lipinski definition) is 6. The summed E-state index contributed by atoms with van der Waals surface area (Å²) >= 11 is 0. The second-order valence-electron chi connectivity index (χ2n) is 4.57. The molecule has 0 atom stereocenters. The standard InChI is InChI=1S/C13H18N4O3S/c1-3-21(18,19)13-12(14)17(16-15-13)7-8-20-11-6-4-5-10(2)9-11/h4-6,9H,3,7-8,14H2,1-2H3. The molecular weight excluding hydrogens is 292 g/mol. The molecule has 0 amide bonds. The number of nitrogen functional groups attached to an aromatic ring is 1. The highest BCUT2D eigenvalue weighted by molar-refractivity contribution is 7.91. The lowest BCUT2D eigenvalue weighted by Gasteiger charge is -2.07. The molecule has 0 fully saturated rings. The quantitative estimate of drug-likeness (QED) is 0.855. The van der Waals surface area contributed by atoms with E-state index in [-0.39, 0.29) is 16.6 Å². The van der Waals surface area contributed by atoms with Crippen molar-refractivity contribution in [1.29, 1.82) is 0 Å². The molecule has 1 aromatic heterocycles. The molecule has 114 valence electrons. The molecule has 8 heteroatoms. The van der Waals surface area contributed by atoms with Crippen LogP contribution >= 0.6 is 0 Å². The van der Waals surface area contributed by atoms with Crippen molar-refractivity contribution in [3.63, 3.8) is 0 Å². The minimum Gasteiger partial charge on any atom is -0.492 e. The summed E-state index contributed by atoms with van der Waals surface area (Å²) in [4.78, 5) is 0. The number of aryl methyl sites for hydroxylation is 1. The second kappa shape index (κ2) is 6.13. The second-order valence-corrected chi connectivity index (χ2v) is 6.76. The molecule has 0 radical (unpaired) electrons. The van der Waals surface area contributed by atoms with E-state index in [9.17, 15) is 8.42 Å². The first kappa shape index (κ1) is 15.3. The van der Waals surface area contributed by atoms with Gasteiger partial charge in [-0.25, -0.2) is 13.1 Å². The fourth-order valence-corrected chi connectivity index (χ4v) is 2.64. The van der Waals surface area contributed by atoms with Crippen LogP contribution in [0.25, 0.3) is 0 Å². The molecule has 2 N–H and O–H groups in total. The Morgan fingerprint density at radius 1 is 1.38 bits per heavy atom. The van der Waals surface area contributed by atoms with Crippen molar-refractivity contribution >= 4 is 15.7 Å². The molecule has 1 aromatic carbocycles. The lowest BCUT2D eigenvalue weighted by molar-refractivity contribution is 0.290. The third-order valence-corrected chi connectivity index (χ3v) is 4.62. The maximum absolute atomic E-state index is 11.7. The molecule has 2 rings (SSSR count). The van der Waals surface area contributed by atoms with Gasteiger partial charge < -0.3 is 10.5 Å². The molecule has 0 aliphatic carbocycles. The lowest BCUT2D eigenvalue weighted by atomic mass is 10.2. The molecule has 2 aromatic rings. The van der Waals surface area contributed by atoms with Gasteiger partial charge in [-0.15, -0.1) is 5.10 Å². The Hall–Kier alpha value is -2.09. The van der Waals surface area contributed by atoms with Crippen molar-refractivity contribution < 1.29 is 13.2 Å². The van der Waals surface area contributed by atoms with Gasteiger partial charge in [-0.3, -0.25) is 0 Å². The van der Waals surface area contributed by atoms with Crippen LogP contribution in [0.2, 0.25) is 0 Å². The predicted octanol–water partition coefficient (Wildman–Crippen LogP) is 1.04. The molecule has 7 nitrogen and oxygen atoms in total. The largest absolute Gasteiger partial charge is 0.492 e. The maximum atomic E-state index is 11.7. The number of sulfone groups is 1. The average Bonchev–Trinajstić information content (AvgIpc) is 2.81. The van der Waals surface area contributed by atoms with Crippen LogP contribution in [0.15, 0.2) is 29.3 Å². The lowest BCUT2D eigenvalue weighted by Crippen LogP contribution is -2.13. The SMILES string of the molecule is CCS(=O)(=O)c1nnn(CCOc2cccc(C)c2)c1N. The van der Waals surface area contributed by atoms with Gasteiger partial charge in [-0.1, -0.05) is 24.3 Å². The van der Waals surface area contributed by atoms with E-state index in [1.54, 1.807) is 0 Å². The number of benzene rings is 1. The Morgan fingerprint density at radius 3 is 2.81 bits per heavy atom. The Morgan fingerprint density at radius 2 is 2.14 bits per heavy atom. The highest BCUT2D eigenvalue weighted by Gasteiger charge is 2.21. The number of ether oxygens (including phenoxy) is 1. The van der Waals surface area contributed by atoms with Gasteiger partial charge in [0.2, 0.25) is 14.9 Å². The molecule has 0 saturated carbocycles. The summed E-state index contributed by atoms with van der Waals surface area (Å²) in [6, 6.07) is 7.65. The monoisotopic (exact) mass is 310 g/mol. The van der Waals surface area contributed by atoms with E-state index in [1.165, 1.54) is 11.6 Å². The van der Waals surface area contributed by atoms with Gasteiger partial charge in [0, 0.05) is 0 Å². The molecule has 0 saturated heterocycles. The zero-order valence-corrected chi connectivity index (χ0v) is 12.8. The van der Waals surface area contributed by atoms with Gasteiger partial charge in [-0.2, -0.15) is 0 Å². The van der Waals surface area contributed by atoms with E-state index < -0.39 is 9.84 Å². The van der Waals surface area contributed by atoms with Gasteiger partial charge in [0.05, 0.1) is 12.3 Å². The highest BCUT2D eigenvalue weighted by Crippen LogP contribution is 2.16.